The van der Waals surface area contributed by atoms with Gasteiger partial charge in [-0.15, -0.1) is 0 Å². The van der Waals surface area contributed by atoms with E-state index >= 15 is 0 Å². The van der Waals surface area contributed by atoms with Gasteiger partial charge in [0.2, 0.25) is 0 Å². The molecule has 0 unspecified atom stereocenters. The fraction of sp³-hybridized carbons (Fsp3) is 0.923. The molecule has 1 heterocycles. The Morgan fingerprint density at radius 2 is 1.89 bits per heavy atom. The van der Waals surface area contributed by atoms with Crippen molar-refractivity contribution in [1.82, 2.24) is 4.90 Å². The van der Waals surface area contributed by atoms with Crippen LogP contribution in [-0.4, -0.2) is 42.5 Å². The van der Waals surface area contributed by atoms with Gasteiger partial charge >= 0.3 is 5.92 Å². The van der Waals surface area contributed by atoms with Crippen LogP contribution in [-0.2, 0) is 9.53 Å². The zero-order valence-corrected chi connectivity index (χ0v) is 10.8. The Balaban J connectivity index is 2.03. The quantitative estimate of drug-likeness (QED) is 0.760. The van der Waals surface area contributed by atoms with Crippen LogP contribution >= 0.6 is 0 Å². The molecule has 1 saturated heterocycles. The number of halogens is 2. The van der Waals surface area contributed by atoms with Crippen LogP contribution in [0.25, 0.3) is 0 Å². The lowest BCUT2D eigenvalue weighted by molar-refractivity contribution is -0.172. The normalized spacial score (nSPS) is 21.9. The highest BCUT2D eigenvalue weighted by Gasteiger charge is 2.51. The van der Waals surface area contributed by atoms with Crippen LogP contribution in [0.3, 0.4) is 0 Å². The largest absolute Gasteiger partial charge is 0.381 e. The SMILES string of the molecule is CCCN(C(=O)C(F)(F)C1CCOCC1)C1CC1. The highest BCUT2D eigenvalue weighted by atomic mass is 19.3. The van der Waals surface area contributed by atoms with Crippen molar-refractivity contribution in [2.24, 2.45) is 5.92 Å². The fourth-order valence-corrected chi connectivity index (χ4v) is 2.50. The van der Waals surface area contributed by atoms with Gasteiger partial charge in [-0.3, -0.25) is 4.79 Å². The molecule has 0 aromatic rings. The number of carbonyl (C=O) groups excluding carboxylic acids is 1. The minimum atomic E-state index is -3.22. The maximum Gasteiger partial charge on any atom is 0.327 e. The molecule has 0 radical (unpaired) electrons. The standard InChI is InChI=1S/C13H21F2NO2/c1-2-7-16(11-3-4-11)12(17)13(14,15)10-5-8-18-9-6-10/h10-11H,2-9H2,1H3. The predicted molar refractivity (Wildman–Crippen MR) is 63.5 cm³/mol. The molecular formula is C13H21F2NO2. The van der Waals surface area contributed by atoms with E-state index in [-0.39, 0.29) is 18.9 Å². The van der Waals surface area contributed by atoms with Gasteiger partial charge in [-0.1, -0.05) is 6.92 Å². The first-order valence-electron chi connectivity index (χ1n) is 6.84. The Bertz CT molecular complexity index is 299. The van der Waals surface area contributed by atoms with Crippen molar-refractivity contribution < 1.29 is 18.3 Å². The van der Waals surface area contributed by atoms with Crippen LogP contribution < -0.4 is 0 Å². The van der Waals surface area contributed by atoms with E-state index in [4.69, 9.17) is 4.74 Å². The lowest BCUT2D eigenvalue weighted by Crippen LogP contribution is -2.50. The van der Waals surface area contributed by atoms with E-state index in [9.17, 15) is 13.6 Å². The lowest BCUT2D eigenvalue weighted by Gasteiger charge is -2.33. The van der Waals surface area contributed by atoms with E-state index in [0.29, 0.717) is 19.8 Å². The summed E-state index contributed by atoms with van der Waals surface area (Å²) in [5, 5.41) is 0. The molecule has 1 aliphatic heterocycles. The van der Waals surface area contributed by atoms with Gasteiger partial charge in [-0.05, 0) is 32.1 Å². The Labute approximate surface area is 106 Å². The van der Waals surface area contributed by atoms with Crippen molar-refractivity contribution in [3.63, 3.8) is 0 Å². The molecule has 0 aromatic carbocycles. The Hall–Kier alpha value is -0.710. The molecule has 3 nitrogen and oxygen atoms in total. The van der Waals surface area contributed by atoms with E-state index in [1.54, 1.807) is 0 Å². The summed E-state index contributed by atoms with van der Waals surface area (Å²) in [5.41, 5.74) is 0. The number of carbonyl (C=O) groups is 1. The topological polar surface area (TPSA) is 29.5 Å². The van der Waals surface area contributed by atoms with Crippen molar-refractivity contribution in [2.45, 2.75) is 51.0 Å². The minimum absolute atomic E-state index is 0.0585. The van der Waals surface area contributed by atoms with Crippen molar-refractivity contribution in [1.29, 1.82) is 0 Å². The van der Waals surface area contributed by atoms with Crippen LogP contribution in [0.5, 0.6) is 0 Å². The summed E-state index contributed by atoms with van der Waals surface area (Å²) in [4.78, 5) is 13.5. The third-order valence-electron chi connectivity index (χ3n) is 3.73. The summed E-state index contributed by atoms with van der Waals surface area (Å²) in [6.07, 6.45) is 3.03. The Morgan fingerprint density at radius 3 is 2.39 bits per heavy atom. The zero-order valence-electron chi connectivity index (χ0n) is 10.8. The second-order valence-electron chi connectivity index (χ2n) is 5.24. The molecule has 0 N–H and O–H groups in total. The first kappa shape index (κ1) is 13.7. The molecule has 18 heavy (non-hydrogen) atoms. The number of nitrogens with zero attached hydrogens (tertiary/aromatic N) is 1. The summed E-state index contributed by atoms with van der Waals surface area (Å²) in [5.74, 6) is -5.03. The molecule has 1 amide bonds. The van der Waals surface area contributed by atoms with E-state index < -0.39 is 17.7 Å². The van der Waals surface area contributed by atoms with Gasteiger partial charge in [-0.25, -0.2) is 0 Å². The number of amides is 1. The molecule has 2 fully saturated rings. The molecule has 2 rings (SSSR count). The number of ether oxygens (including phenoxy) is 1. The first-order valence-corrected chi connectivity index (χ1v) is 6.84. The molecule has 2 aliphatic rings. The Kier molecular flexibility index (Phi) is 4.20. The van der Waals surface area contributed by atoms with Crippen molar-refractivity contribution in [3.05, 3.63) is 0 Å². The predicted octanol–water partition coefficient (Wildman–Crippen LogP) is 2.45. The summed E-state index contributed by atoms with van der Waals surface area (Å²) in [7, 11) is 0. The highest BCUT2D eigenvalue weighted by Crippen LogP contribution is 2.37. The minimum Gasteiger partial charge on any atom is -0.381 e. The molecule has 0 spiro atoms. The molecule has 0 bridgehead atoms. The van der Waals surface area contributed by atoms with Gasteiger partial charge in [0.25, 0.3) is 5.91 Å². The zero-order chi connectivity index (χ0) is 13.2. The molecule has 104 valence electrons. The molecule has 5 heteroatoms. The number of rotatable bonds is 5. The first-order chi connectivity index (χ1) is 8.57. The third kappa shape index (κ3) is 2.82. The van der Waals surface area contributed by atoms with Gasteiger partial charge < -0.3 is 9.64 Å². The summed E-state index contributed by atoms with van der Waals surface area (Å²) < 4.78 is 33.5. The molecule has 0 aromatic heterocycles. The summed E-state index contributed by atoms with van der Waals surface area (Å²) in [6.45, 7) is 3.03. The second-order valence-corrected chi connectivity index (χ2v) is 5.24. The van der Waals surface area contributed by atoms with Crippen LogP contribution in [0.4, 0.5) is 8.78 Å². The van der Waals surface area contributed by atoms with E-state index in [2.05, 4.69) is 0 Å². The smallest absolute Gasteiger partial charge is 0.327 e. The maximum absolute atomic E-state index is 14.2. The fourth-order valence-electron chi connectivity index (χ4n) is 2.50. The van der Waals surface area contributed by atoms with Gasteiger partial charge in [-0.2, -0.15) is 8.78 Å². The Morgan fingerprint density at radius 1 is 1.28 bits per heavy atom. The summed E-state index contributed by atoms with van der Waals surface area (Å²) in [6, 6.07) is 0.0585. The number of hydrogen-bond donors (Lipinski definition) is 0. The molecule has 0 atom stereocenters. The number of alkyl halides is 2. The van der Waals surface area contributed by atoms with Crippen LogP contribution in [0.2, 0.25) is 0 Å². The van der Waals surface area contributed by atoms with Gasteiger partial charge in [0.1, 0.15) is 0 Å². The maximum atomic E-state index is 14.2. The van der Waals surface area contributed by atoms with E-state index in [1.807, 2.05) is 6.92 Å². The monoisotopic (exact) mass is 261 g/mol. The van der Waals surface area contributed by atoms with Crippen LogP contribution in [0.1, 0.15) is 39.0 Å². The molecule has 1 aliphatic carbocycles. The van der Waals surface area contributed by atoms with Crippen LogP contribution in [0, 0.1) is 5.92 Å². The average molecular weight is 261 g/mol. The van der Waals surface area contributed by atoms with E-state index in [0.717, 1.165) is 19.3 Å². The molecule has 1 saturated carbocycles. The van der Waals surface area contributed by atoms with Crippen molar-refractivity contribution >= 4 is 5.91 Å². The summed E-state index contributed by atoms with van der Waals surface area (Å²) >= 11 is 0. The second kappa shape index (κ2) is 5.51. The lowest BCUT2D eigenvalue weighted by atomic mass is 9.92. The van der Waals surface area contributed by atoms with E-state index in [1.165, 1.54) is 4.90 Å². The average Bonchev–Trinajstić information content (AvgIpc) is 3.20. The number of hydrogen-bond acceptors (Lipinski definition) is 2. The molecular weight excluding hydrogens is 240 g/mol. The van der Waals surface area contributed by atoms with Crippen LogP contribution in [0.15, 0.2) is 0 Å². The van der Waals surface area contributed by atoms with Gasteiger partial charge in [0, 0.05) is 31.7 Å². The van der Waals surface area contributed by atoms with Gasteiger partial charge in [0.15, 0.2) is 0 Å². The van der Waals surface area contributed by atoms with Crippen molar-refractivity contribution in [2.75, 3.05) is 19.8 Å². The highest BCUT2D eigenvalue weighted by molar-refractivity contribution is 5.84. The van der Waals surface area contributed by atoms with Crippen molar-refractivity contribution in [3.8, 4) is 0 Å². The third-order valence-corrected chi connectivity index (χ3v) is 3.73. The van der Waals surface area contributed by atoms with Gasteiger partial charge in [0.05, 0.1) is 0 Å².